The summed E-state index contributed by atoms with van der Waals surface area (Å²) in [7, 11) is 0. The highest BCUT2D eigenvalue weighted by atomic mass is 32.2. The molecule has 2 heterocycles. The maximum Gasteiger partial charge on any atom is 0.258 e. The van der Waals surface area contributed by atoms with Crippen LogP contribution in [0.25, 0.3) is 0 Å². The second kappa shape index (κ2) is 5.37. The molecule has 2 N–H and O–H groups in total. The van der Waals surface area contributed by atoms with Crippen molar-refractivity contribution in [3.8, 4) is 0 Å². The minimum absolute atomic E-state index is 0.373. The Balaban J connectivity index is 2.01. The molecule has 1 aromatic heterocycles. The van der Waals surface area contributed by atoms with E-state index in [1.54, 1.807) is 11.8 Å². The van der Waals surface area contributed by atoms with E-state index in [9.17, 15) is 5.11 Å². The van der Waals surface area contributed by atoms with Gasteiger partial charge < -0.3 is 14.9 Å². The summed E-state index contributed by atoms with van der Waals surface area (Å²) in [6.45, 7) is 5.84. The first-order chi connectivity index (χ1) is 8.10. The molecule has 0 bridgehead atoms. The predicted molar refractivity (Wildman–Crippen MR) is 66.7 cm³/mol. The fourth-order valence-electron chi connectivity index (χ4n) is 1.80. The van der Waals surface area contributed by atoms with Crippen LogP contribution >= 0.6 is 11.8 Å². The number of aliphatic hydroxyl groups is 1. The van der Waals surface area contributed by atoms with E-state index < -0.39 is 5.60 Å². The van der Waals surface area contributed by atoms with Crippen LogP contribution in [0.1, 0.15) is 38.4 Å². The molecule has 0 aliphatic carbocycles. The quantitative estimate of drug-likeness (QED) is 0.846. The van der Waals surface area contributed by atoms with Crippen LogP contribution in [0.5, 0.6) is 0 Å². The van der Waals surface area contributed by atoms with Crippen LogP contribution in [0, 0.1) is 0 Å². The SMILES string of the molecule is CC(C)SCc1noc(C2(O)CCNCC2)n1. The molecule has 0 radical (unpaired) electrons. The average Bonchev–Trinajstić information content (AvgIpc) is 2.76. The van der Waals surface area contributed by atoms with Crippen molar-refractivity contribution in [3.05, 3.63) is 11.7 Å². The minimum Gasteiger partial charge on any atom is -0.380 e. The van der Waals surface area contributed by atoms with Crippen molar-refractivity contribution >= 4 is 11.8 Å². The van der Waals surface area contributed by atoms with E-state index in [0.29, 0.717) is 29.8 Å². The van der Waals surface area contributed by atoms with E-state index in [0.717, 1.165) is 18.8 Å². The molecule has 0 saturated carbocycles. The Morgan fingerprint density at radius 2 is 2.18 bits per heavy atom. The van der Waals surface area contributed by atoms with Gasteiger partial charge in [-0.3, -0.25) is 0 Å². The zero-order valence-electron chi connectivity index (χ0n) is 10.3. The standard InChI is InChI=1S/C11H19N3O2S/c1-8(2)17-7-9-13-10(16-14-9)11(15)3-5-12-6-4-11/h8,12,15H,3-7H2,1-2H3. The number of piperidine rings is 1. The maximum atomic E-state index is 10.4. The summed E-state index contributed by atoms with van der Waals surface area (Å²) in [6, 6.07) is 0. The van der Waals surface area contributed by atoms with Gasteiger partial charge in [-0.15, -0.1) is 0 Å². The van der Waals surface area contributed by atoms with E-state index in [1.807, 2.05) is 0 Å². The number of rotatable bonds is 4. The van der Waals surface area contributed by atoms with E-state index in [-0.39, 0.29) is 0 Å². The fourth-order valence-corrected chi connectivity index (χ4v) is 2.40. The van der Waals surface area contributed by atoms with Crippen LogP contribution in [0.2, 0.25) is 0 Å². The van der Waals surface area contributed by atoms with Gasteiger partial charge >= 0.3 is 0 Å². The lowest BCUT2D eigenvalue weighted by Crippen LogP contribution is -2.39. The van der Waals surface area contributed by atoms with Gasteiger partial charge in [0.05, 0.1) is 5.75 Å². The smallest absolute Gasteiger partial charge is 0.258 e. The number of nitrogens with one attached hydrogen (secondary N) is 1. The average molecular weight is 257 g/mol. The van der Waals surface area contributed by atoms with Gasteiger partial charge in [-0.05, 0) is 31.2 Å². The molecule has 0 atom stereocenters. The lowest BCUT2D eigenvalue weighted by molar-refractivity contribution is -0.0228. The molecule has 6 heteroatoms. The van der Waals surface area contributed by atoms with Crippen molar-refractivity contribution < 1.29 is 9.63 Å². The van der Waals surface area contributed by atoms with E-state index in [2.05, 4.69) is 29.3 Å². The van der Waals surface area contributed by atoms with Gasteiger partial charge in [0, 0.05) is 0 Å². The van der Waals surface area contributed by atoms with Gasteiger partial charge in [0.15, 0.2) is 5.82 Å². The van der Waals surface area contributed by atoms with Crippen LogP contribution < -0.4 is 5.32 Å². The molecule has 1 aliphatic rings. The van der Waals surface area contributed by atoms with Crippen LogP contribution in [0.4, 0.5) is 0 Å². The topological polar surface area (TPSA) is 71.2 Å². The predicted octanol–water partition coefficient (Wildman–Crippen LogP) is 1.28. The molecule has 2 rings (SSSR count). The second-order valence-electron chi connectivity index (χ2n) is 4.66. The highest BCUT2D eigenvalue weighted by molar-refractivity contribution is 7.99. The zero-order chi connectivity index (χ0) is 12.3. The van der Waals surface area contributed by atoms with Crippen molar-refractivity contribution in [3.63, 3.8) is 0 Å². The number of thioether (sulfide) groups is 1. The second-order valence-corrected chi connectivity index (χ2v) is 6.22. The highest BCUT2D eigenvalue weighted by Gasteiger charge is 2.36. The van der Waals surface area contributed by atoms with E-state index >= 15 is 0 Å². The number of aromatic nitrogens is 2. The molecule has 1 aliphatic heterocycles. The summed E-state index contributed by atoms with van der Waals surface area (Å²) in [4.78, 5) is 4.30. The Morgan fingerprint density at radius 1 is 1.47 bits per heavy atom. The van der Waals surface area contributed by atoms with Crippen molar-refractivity contribution in [1.29, 1.82) is 0 Å². The Bertz CT molecular complexity index is 361. The molecular formula is C11H19N3O2S. The summed E-state index contributed by atoms with van der Waals surface area (Å²) in [6.07, 6.45) is 1.26. The molecular weight excluding hydrogens is 238 g/mol. The maximum absolute atomic E-state index is 10.4. The third kappa shape index (κ3) is 3.20. The molecule has 96 valence electrons. The number of hydrogen-bond acceptors (Lipinski definition) is 6. The van der Waals surface area contributed by atoms with Gasteiger partial charge in [-0.2, -0.15) is 16.7 Å². The fraction of sp³-hybridized carbons (Fsp3) is 0.818. The van der Waals surface area contributed by atoms with Crippen molar-refractivity contribution in [2.75, 3.05) is 13.1 Å². The number of hydrogen-bond donors (Lipinski definition) is 2. The lowest BCUT2D eigenvalue weighted by atomic mass is 9.92. The molecule has 17 heavy (non-hydrogen) atoms. The van der Waals surface area contributed by atoms with Crippen molar-refractivity contribution in [2.24, 2.45) is 0 Å². The monoisotopic (exact) mass is 257 g/mol. The summed E-state index contributed by atoms with van der Waals surface area (Å²) in [5.41, 5.74) is -0.932. The zero-order valence-corrected chi connectivity index (χ0v) is 11.1. The van der Waals surface area contributed by atoms with Gasteiger partial charge in [0.2, 0.25) is 0 Å². The van der Waals surface area contributed by atoms with Gasteiger partial charge in [0.1, 0.15) is 5.60 Å². The van der Waals surface area contributed by atoms with Crippen LogP contribution in [0.15, 0.2) is 4.52 Å². The van der Waals surface area contributed by atoms with Crippen LogP contribution in [-0.4, -0.2) is 33.6 Å². The third-order valence-electron chi connectivity index (χ3n) is 2.84. The molecule has 0 amide bonds. The summed E-state index contributed by atoms with van der Waals surface area (Å²) < 4.78 is 5.19. The molecule has 0 aromatic carbocycles. The Kier molecular flexibility index (Phi) is 4.06. The molecule has 1 aromatic rings. The molecule has 1 saturated heterocycles. The summed E-state index contributed by atoms with van der Waals surface area (Å²) >= 11 is 1.76. The molecule has 0 unspecified atom stereocenters. The first kappa shape index (κ1) is 12.9. The normalized spacial score (nSPS) is 19.8. The third-order valence-corrected chi connectivity index (χ3v) is 3.93. The minimum atomic E-state index is -0.932. The molecule has 5 nitrogen and oxygen atoms in total. The lowest BCUT2D eigenvalue weighted by Gasteiger charge is -2.28. The highest BCUT2D eigenvalue weighted by Crippen LogP contribution is 2.29. The van der Waals surface area contributed by atoms with Gasteiger partial charge in [0.25, 0.3) is 5.89 Å². The largest absolute Gasteiger partial charge is 0.380 e. The number of nitrogens with zero attached hydrogens (tertiary/aromatic N) is 2. The Morgan fingerprint density at radius 3 is 2.82 bits per heavy atom. The first-order valence-corrected chi connectivity index (χ1v) is 7.03. The molecule has 0 spiro atoms. The van der Waals surface area contributed by atoms with Crippen LogP contribution in [-0.2, 0) is 11.4 Å². The van der Waals surface area contributed by atoms with E-state index in [4.69, 9.17) is 4.52 Å². The van der Waals surface area contributed by atoms with Crippen LogP contribution in [0.3, 0.4) is 0 Å². The van der Waals surface area contributed by atoms with Crippen molar-refractivity contribution in [2.45, 2.75) is 43.3 Å². The first-order valence-electron chi connectivity index (χ1n) is 5.98. The van der Waals surface area contributed by atoms with Crippen molar-refractivity contribution in [1.82, 2.24) is 15.5 Å². The Labute approximate surface area is 105 Å². The Hall–Kier alpha value is -0.590. The molecule has 1 fully saturated rings. The van der Waals surface area contributed by atoms with Gasteiger partial charge in [-0.1, -0.05) is 19.0 Å². The summed E-state index contributed by atoms with van der Waals surface area (Å²) in [5.74, 6) is 1.78. The van der Waals surface area contributed by atoms with Gasteiger partial charge in [-0.25, -0.2) is 0 Å². The summed E-state index contributed by atoms with van der Waals surface area (Å²) in [5, 5.41) is 18.1. The van der Waals surface area contributed by atoms with E-state index in [1.165, 1.54) is 0 Å².